The maximum atomic E-state index is 13.2. The van der Waals surface area contributed by atoms with Gasteiger partial charge in [-0.15, -0.1) is 0 Å². The SMILES string of the molecule is CC(N)c1ncc(-c2ccc(F)c(C(F)(F)F)c2)cn1. The fraction of sp³-hybridized carbons (Fsp3) is 0.231. The van der Waals surface area contributed by atoms with Crippen LogP contribution in [0.25, 0.3) is 11.1 Å². The van der Waals surface area contributed by atoms with Crippen LogP contribution in [0.3, 0.4) is 0 Å². The number of alkyl halides is 3. The summed E-state index contributed by atoms with van der Waals surface area (Å²) in [5.74, 6) is -0.929. The van der Waals surface area contributed by atoms with Crippen molar-refractivity contribution in [1.82, 2.24) is 9.97 Å². The van der Waals surface area contributed by atoms with Gasteiger partial charge in [0.2, 0.25) is 0 Å². The van der Waals surface area contributed by atoms with Gasteiger partial charge in [-0.2, -0.15) is 13.2 Å². The molecule has 0 radical (unpaired) electrons. The van der Waals surface area contributed by atoms with Gasteiger partial charge in [0.05, 0.1) is 11.6 Å². The first kappa shape index (κ1) is 14.4. The minimum atomic E-state index is -4.74. The van der Waals surface area contributed by atoms with Gasteiger partial charge in [0.1, 0.15) is 11.6 Å². The van der Waals surface area contributed by atoms with Gasteiger partial charge in [0.15, 0.2) is 0 Å². The lowest BCUT2D eigenvalue weighted by atomic mass is 10.0. The topological polar surface area (TPSA) is 51.8 Å². The quantitative estimate of drug-likeness (QED) is 0.861. The summed E-state index contributed by atoms with van der Waals surface area (Å²) in [4.78, 5) is 7.92. The van der Waals surface area contributed by atoms with Crippen molar-refractivity contribution in [3.05, 3.63) is 47.8 Å². The second-order valence-electron chi connectivity index (χ2n) is 4.31. The molecule has 0 saturated carbocycles. The summed E-state index contributed by atoms with van der Waals surface area (Å²) in [6.07, 6.45) is -2.02. The van der Waals surface area contributed by atoms with Crippen LogP contribution < -0.4 is 5.73 Å². The fourth-order valence-corrected chi connectivity index (χ4v) is 1.64. The molecule has 7 heteroatoms. The second kappa shape index (κ2) is 5.16. The molecule has 20 heavy (non-hydrogen) atoms. The van der Waals surface area contributed by atoms with E-state index in [1.54, 1.807) is 6.92 Å². The molecule has 0 aliphatic carbocycles. The van der Waals surface area contributed by atoms with Gasteiger partial charge in [-0.05, 0) is 24.6 Å². The Bertz CT molecular complexity index is 606. The number of hydrogen-bond acceptors (Lipinski definition) is 3. The molecule has 1 aromatic carbocycles. The predicted octanol–water partition coefficient (Wildman–Crippen LogP) is 3.32. The summed E-state index contributed by atoms with van der Waals surface area (Å²) in [6.45, 7) is 1.69. The zero-order chi connectivity index (χ0) is 14.9. The zero-order valence-corrected chi connectivity index (χ0v) is 10.4. The standard InChI is InChI=1S/C13H11F4N3/c1-7(18)12-19-5-9(6-20-12)8-2-3-11(14)10(4-8)13(15,16)17/h2-7H,18H2,1H3. The van der Waals surface area contributed by atoms with Crippen LogP contribution in [0.5, 0.6) is 0 Å². The van der Waals surface area contributed by atoms with E-state index in [1.165, 1.54) is 18.5 Å². The molecule has 0 bridgehead atoms. The second-order valence-corrected chi connectivity index (χ2v) is 4.31. The molecular formula is C13H11F4N3. The summed E-state index contributed by atoms with van der Waals surface area (Å²) >= 11 is 0. The van der Waals surface area contributed by atoms with Crippen LogP contribution in [0.1, 0.15) is 24.4 Å². The Labute approximate surface area is 112 Å². The molecule has 1 unspecified atom stereocenters. The van der Waals surface area contributed by atoms with E-state index in [0.717, 1.165) is 12.1 Å². The third kappa shape index (κ3) is 2.93. The first-order chi connectivity index (χ1) is 9.29. The highest BCUT2D eigenvalue weighted by molar-refractivity contribution is 5.62. The van der Waals surface area contributed by atoms with Crippen LogP contribution in [0.15, 0.2) is 30.6 Å². The lowest BCUT2D eigenvalue weighted by Crippen LogP contribution is -2.10. The van der Waals surface area contributed by atoms with E-state index >= 15 is 0 Å². The molecule has 0 amide bonds. The maximum Gasteiger partial charge on any atom is 0.419 e. The van der Waals surface area contributed by atoms with Crippen LogP contribution in [0, 0.1) is 5.82 Å². The molecule has 0 spiro atoms. The van der Waals surface area contributed by atoms with Gasteiger partial charge in [0, 0.05) is 18.0 Å². The molecule has 0 saturated heterocycles. The van der Waals surface area contributed by atoms with Crippen molar-refractivity contribution in [3.63, 3.8) is 0 Å². The molecular weight excluding hydrogens is 274 g/mol. The third-order valence-corrected chi connectivity index (χ3v) is 2.68. The average Bonchev–Trinajstić information content (AvgIpc) is 2.38. The number of rotatable bonds is 2. The van der Waals surface area contributed by atoms with E-state index in [-0.39, 0.29) is 11.6 Å². The summed E-state index contributed by atoms with van der Waals surface area (Å²) < 4.78 is 51.1. The molecule has 106 valence electrons. The van der Waals surface area contributed by atoms with Gasteiger partial charge in [-0.25, -0.2) is 14.4 Å². The highest BCUT2D eigenvalue weighted by Gasteiger charge is 2.34. The molecule has 0 fully saturated rings. The number of hydrogen-bond donors (Lipinski definition) is 1. The first-order valence-corrected chi connectivity index (χ1v) is 5.73. The van der Waals surface area contributed by atoms with Crippen molar-refractivity contribution in [2.75, 3.05) is 0 Å². The van der Waals surface area contributed by atoms with Crippen molar-refractivity contribution >= 4 is 0 Å². The molecule has 1 atom stereocenters. The van der Waals surface area contributed by atoms with Crippen LogP contribution in [-0.4, -0.2) is 9.97 Å². The van der Waals surface area contributed by atoms with Gasteiger partial charge in [-0.3, -0.25) is 0 Å². The Morgan fingerprint density at radius 3 is 2.20 bits per heavy atom. The summed E-state index contributed by atoms with van der Waals surface area (Å²) in [6, 6.07) is 2.38. The Hall–Kier alpha value is -2.02. The molecule has 2 aromatic rings. The summed E-state index contributed by atoms with van der Waals surface area (Å²) in [5.41, 5.74) is 4.82. The number of nitrogens with zero attached hydrogens (tertiary/aromatic N) is 2. The van der Waals surface area contributed by atoms with E-state index in [9.17, 15) is 17.6 Å². The number of aromatic nitrogens is 2. The van der Waals surface area contributed by atoms with Crippen LogP contribution >= 0.6 is 0 Å². The van der Waals surface area contributed by atoms with Crippen molar-refractivity contribution in [2.24, 2.45) is 5.73 Å². The molecule has 3 nitrogen and oxygen atoms in total. The monoisotopic (exact) mass is 285 g/mol. The first-order valence-electron chi connectivity index (χ1n) is 5.73. The number of halogens is 4. The van der Waals surface area contributed by atoms with Crippen molar-refractivity contribution < 1.29 is 17.6 Å². The van der Waals surface area contributed by atoms with Gasteiger partial charge < -0.3 is 5.73 Å². The maximum absolute atomic E-state index is 13.2. The van der Waals surface area contributed by atoms with E-state index < -0.39 is 17.6 Å². The predicted molar refractivity (Wildman–Crippen MR) is 65.0 cm³/mol. The Balaban J connectivity index is 2.43. The van der Waals surface area contributed by atoms with Crippen LogP contribution in [0.2, 0.25) is 0 Å². The Morgan fingerprint density at radius 2 is 1.70 bits per heavy atom. The van der Waals surface area contributed by atoms with E-state index in [2.05, 4.69) is 9.97 Å². The summed E-state index contributed by atoms with van der Waals surface area (Å²) in [7, 11) is 0. The Morgan fingerprint density at radius 1 is 1.10 bits per heavy atom. The molecule has 1 heterocycles. The van der Waals surface area contributed by atoms with Crippen LogP contribution in [-0.2, 0) is 6.18 Å². The molecule has 0 aliphatic heterocycles. The fourth-order valence-electron chi connectivity index (χ4n) is 1.64. The van der Waals surface area contributed by atoms with Gasteiger partial charge in [0.25, 0.3) is 0 Å². The van der Waals surface area contributed by atoms with Crippen molar-refractivity contribution in [3.8, 4) is 11.1 Å². The minimum Gasteiger partial charge on any atom is -0.322 e. The molecule has 1 aromatic heterocycles. The van der Waals surface area contributed by atoms with Crippen molar-refractivity contribution in [1.29, 1.82) is 0 Å². The van der Waals surface area contributed by atoms with Crippen molar-refractivity contribution in [2.45, 2.75) is 19.1 Å². The molecule has 2 rings (SSSR count). The molecule has 2 N–H and O–H groups in total. The highest BCUT2D eigenvalue weighted by atomic mass is 19.4. The third-order valence-electron chi connectivity index (χ3n) is 2.68. The van der Waals surface area contributed by atoms with E-state index in [1.807, 2.05) is 0 Å². The van der Waals surface area contributed by atoms with E-state index in [4.69, 9.17) is 5.73 Å². The molecule has 0 aliphatic rings. The lowest BCUT2D eigenvalue weighted by Gasteiger charge is -2.10. The number of benzene rings is 1. The average molecular weight is 285 g/mol. The lowest BCUT2D eigenvalue weighted by molar-refractivity contribution is -0.139. The highest BCUT2D eigenvalue weighted by Crippen LogP contribution is 2.34. The van der Waals surface area contributed by atoms with E-state index in [0.29, 0.717) is 11.4 Å². The van der Waals surface area contributed by atoms with Crippen LogP contribution in [0.4, 0.5) is 17.6 Å². The largest absolute Gasteiger partial charge is 0.419 e. The Kier molecular flexibility index (Phi) is 3.71. The zero-order valence-electron chi connectivity index (χ0n) is 10.4. The van der Waals surface area contributed by atoms with Gasteiger partial charge >= 0.3 is 6.18 Å². The smallest absolute Gasteiger partial charge is 0.322 e. The number of nitrogens with two attached hydrogens (primary N) is 1. The minimum absolute atomic E-state index is 0.190. The van der Waals surface area contributed by atoms with Gasteiger partial charge in [-0.1, -0.05) is 6.07 Å². The summed E-state index contributed by atoms with van der Waals surface area (Å²) in [5, 5.41) is 0. The normalized spacial score (nSPS) is 13.3.